The van der Waals surface area contributed by atoms with Crippen molar-refractivity contribution in [2.45, 2.75) is 0 Å². The van der Waals surface area contributed by atoms with E-state index >= 15 is 0 Å². The van der Waals surface area contributed by atoms with Crippen molar-refractivity contribution in [1.29, 1.82) is 0 Å². The number of hydrogen-bond acceptors (Lipinski definition) is 5. The standard InChI is InChI=1S/C12H11N3O5/c16-10(9-13-1-2-14-9)15-8-4-6(11(17)18)3-7(5-8)12(19)20/h3-5H,1-2H2,(H,13,14)(H,15,16)(H,17,18)(H,19,20). The molecule has 0 spiro atoms. The van der Waals surface area contributed by atoms with Crippen LogP contribution in [0.4, 0.5) is 5.69 Å². The number of amidine groups is 1. The van der Waals surface area contributed by atoms with Gasteiger partial charge in [-0.3, -0.25) is 9.79 Å². The summed E-state index contributed by atoms with van der Waals surface area (Å²) < 4.78 is 0. The second kappa shape index (κ2) is 5.39. The molecule has 104 valence electrons. The molecule has 0 fully saturated rings. The van der Waals surface area contributed by atoms with Gasteiger partial charge in [0.2, 0.25) is 0 Å². The minimum atomic E-state index is -1.28. The maximum atomic E-state index is 11.8. The lowest BCUT2D eigenvalue weighted by molar-refractivity contribution is -0.110. The van der Waals surface area contributed by atoms with Crippen LogP contribution in [0, 0.1) is 0 Å². The molecule has 1 amide bonds. The van der Waals surface area contributed by atoms with Crippen LogP contribution in [0.25, 0.3) is 0 Å². The number of nitrogens with one attached hydrogen (secondary N) is 2. The first-order valence-corrected chi connectivity index (χ1v) is 5.69. The fraction of sp³-hybridized carbons (Fsp3) is 0.167. The van der Waals surface area contributed by atoms with Crippen LogP contribution in [0.3, 0.4) is 0 Å². The molecule has 0 aliphatic carbocycles. The van der Waals surface area contributed by atoms with Crippen molar-refractivity contribution in [3.63, 3.8) is 0 Å². The van der Waals surface area contributed by atoms with Crippen molar-refractivity contribution in [3.05, 3.63) is 29.3 Å². The van der Waals surface area contributed by atoms with E-state index in [1.807, 2.05) is 0 Å². The molecular weight excluding hydrogens is 266 g/mol. The van der Waals surface area contributed by atoms with Crippen LogP contribution in [-0.2, 0) is 4.79 Å². The molecule has 0 saturated carbocycles. The monoisotopic (exact) mass is 277 g/mol. The highest BCUT2D eigenvalue weighted by Crippen LogP contribution is 2.15. The molecule has 1 aromatic rings. The van der Waals surface area contributed by atoms with E-state index in [1.165, 1.54) is 12.1 Å². The molecule has 8 heteroatoms. The SMILES string of the molecule is O=C(Nc1cc(C(=O)O)cc(C(=O)O)c1)C1=NCCN1. The number of carbonyl (C=O) groups excluding carboxylic acids is 1. The molecule has 20 heavy (non-hydrogen) atoms. The Bertz CT molecular complexity index is 591. The first kappa shape index (κ1) is 13.5. The Morgan fingerprint density at radius 1 is 1.10 bits per heavy atom. The normalized spacial score (nSPS) is 13.3. The van der Waals surface area contributed by atoms with Crippen molar-refractivity contribution in [3.8, 4) is 0 Å². The van der Waals surface area contributed by atoms with E-state index in [2.05, 4.69) is 15.6 Å². The van der Waals surface area contributed by atoms with Gasteiger partial charge in [0.1, 0.15) is 0 Å². The predicted octanol–water partition coefficient (Wildman–Crippen LogP) is 0.0232. The minimum absolute atomic E-state index is 0.0868. The zero-order chi connectivity index (χ0) is 14.7. The van der Waals surface area contributed by atoms with Crippen molar-refractivity contribution in [2.24, 2.45) is 4.99 Å². The van der Waals surface area contributed by atoms with Crippen LogP contribution in [0.15, 0.2) is 23.2 Å². The summed E-state index contributed by atoms with van der Waals surface area (Å²) in [6.45, 7) is 1.04. The molecule has 1 aliphatic rings. The molecule has 0 saturated heterocycles. The van der Waals surface area contributed by atoms with E-state index in [-0.39, 0.29) is 22.6 Å². The highest BCUT2D eigenvalue weighted by molar-refractivity contribution is 6.42. The number of nitrogens with zero attached hydrogens (tertiary/aromatic N) is 1. The summed E-state index contributed by atoms with van der Waals surface area (Å²) in [6.07, 6.45) is 0. The number of rotatable bonds is 4. The average Bonchev–Trinajstić information content (AvgIpc) is 2.92. The Morgan fingerprint density at radius 2 is 1.70 bits per heavy atom. The molecule has 0 bridgehead atoms. The second-order valence-corrected chi connectivity index (χ2v) is 4.02. The van der Waals surface area contributed by atoms with Gasteiger partial charge in [-0.1, -0.05) is 0 Å². The summed E-state index contributed by atoms with van der Waals surface area (Å²) in [7, 11) is 0. The van der Waals surface area contributed by atoms with E-state index in [0.717, 1.165) is 6.07 Å². The Labute approximate surface area is 113 Å². The number of aromatic carboxylic acids is 2. The molecular formula is C12H11N3O5. The summed E-state index contributed by atoms with van der Waals surface area (Å²) in [6, 6.07) is 3.38. The van der Waals surface area contributed by atoms with Crippen molar-refractivity contribution in [1.82, 2.24) is 5.32 Å². The van der Waals surface area contributed by atoms with E-state index in [4.69, 9.17) is 10.2 Å². The average molecular weight is 277 g/mol. The fourth-order valence-electron chi connectivity index (χ4n) is 1.69. The van der Waals surface area contributed by atoms with E-state index < -0.39 is 17.8 Å². The zero-order valence-electron chi connectivity index (χ0n) is 10.2. The topological polar surface area (TPSA) is 128 Å². The number of anilines is 1. The predicted molar refractivity (Wildman–Crippen MR) is 69.3 cm³/mol. The second-order valence-electron chi connectivity index (χ2n) is 4.02. The lowest BCUT2D eigenvalue weighted by Gasteiger charge is -2.08. The number of amides is 1. The Kier molecular flexibility index (Phi) is 3.65. The highest BCUT2D eigenvalue weighted by Gasteiger charge is 2.17. The number of hydrogen-bond donors (Lipinski definition) is 4. The van der Waals surface area contributed by atoms with Gasteiger partial charge < -0.3 is 20.8 Å². The van der Waals surface area contributed by atoms with E-state index in [1.54, 1.807) is 0 Å². The Hall–Kier alpha value is -2.90. The van der Waals surface area contributed by atoms with Crippen LogP contribution in [-0.4, -0.2) is 47.0 Å². The summed E-state index contributed by atoms with van der Waals surface area (Å²) in [5.74, 6) is -2.95. The molecule has 4 N–H and O–H groups in total. The zero-order valence-corrected chi connectivity index (χ0v) is 10.2. The first-order valence-electron chi connectivity index (χ1n) is 5.69. The van der Waals surface area contributed by atoms with Gasteiger partial charge >= 0.3 is 11.9 Å². The summed E-state index contributed by atoms with van der Waals surface area (Å²) in [5.41, 5.74) is -0.355. The van der Waals surface area contributed by atoms with Gasteiger partial charge in [-0.2, -0.15) is 0 Å². The van der Waals surface area contributed by atoms with Crippen LogP contribution >= 0.6 is 0 Å². The lowest BCUT2D eigenvalue weighted by atomic mass is 10.1. The van der Waals surface area contributed by atoms with Gasteiger partial charge in [0, 0.05) is 12.2 Å². The van der Waals surface area contributed by atoms with Gasteiger partial charge in [-0.15, -0.1) is 0 Å². The van der Waals surface area contributed by atoms with Crippen LogP contribution in [0.1, 0.15) is 20.7 Å². The molecule has 0 atom stereocenters. The number of aliphatic imine (C=N–C) groups is 1. The van der Waals surface area contributed by atoms with Crippen LogP contribution in [0.5, 0.6) is 0 Å². The fourth-order valence-corrected chi connectivity index (χ4v) is 1.69. The minimum Gasteiger partial charge on any atom is -0.478 e. The summed E-state index contributed by atoms with van der Waals surface area (Å²) in [5, 5.41) is 23.0. The van der Waals surface area contributed by atoms with Crippen molar-refractivity contribution < 1.29 is 24.6 Å². The molecule has 0 unspecified atom stereocenters. The van der Waals surface area contributed by atoms with Crippen molar-refractivity contribution >= 4 is 29.4 Å². The van der Waals surface area contributed by atoms with Crippen LogP contribution < -0.4 is 10.6 Å². The molecule has 2 rings (SSSR count). The van der Waals surface area contributed by atoms with E-state index in [0.29, 0.717) is 13.1 Å². The van der Waals surface area contributed by atoms with Gasteiger partial charge in [0.25, 0.3) is 5.91 Å². The summed E-state index contributed by atoms with van der Waals surface area (Å²) >= 11 is 0. The van der Waals surface area contributed by atoms with Gasteiger partial charge in [-0.25, -0.2) is 9.59 Å². The number of carboxylic acids is 2. The van der Waals surface area contributed by atoms with E-state index in [9.17, 15) is 14.4 Å². The van der Waals surface area contributed by atoms with Gasteiger partial charge in [-0.05, 0) is 18.2 Å². The maximum absolute atomic E-state index is 11.8. The number of carboxylic acid groups (broad SMARTS) is 2. The van der Waals surface area contributed by atoms with Gasteiger partial charge in [0.15, 0.2) is 5.84 Å². The van der Waals surface area contributed by atoms with Crippen molar-refractivity contribution in [2.75, 3.05) is 18.4 Å². The third-order valence-electron chi connectivity index (χ3n) is 2.57. The Balaban J connectivity index is 2.28. The first-order chi connectivity index (χ1) is 9.47. The molecule has 1 aliphatic heterocycles. The number of carbonyl (C=O) groups is 3. The van der Waals surface area contributed by atoms with Gasteiger partial charge in [0.05, 0.1) is 17.7 Å². The molecule has 1 heterocycles. The highest BCUT2D eigenvalue weighted by atomic mass is 16.4. The molecule has 8 nitrogen and oxygen atoms in total. The van der Waals surface area contributed by atoms with Crippen LogP contribution in [0.2, 0.25) is 0 Å². The molecule has 0 radical (unpaired) electrons. The largest absolute Gasteiger partial charge is 0.478 e. The third-order valence-corrected chi connectivity index (χ3v) is 2.57. The maximum Gasteiger partial charge on any atom is 0.335 e. The molecule has 0 aromatic heterocycles. The molecule has 1 aromatic carbocycles. The summed E-state index contributed by atoms with van der Waals surface area (Å²) in [4.78, 5) is 37.5. The smallest absolute Gasteiger partial charge is 0.335 e. The Morgan fingerprint density at radius 3 is 2.15 bits per heavy atom. The quantitative estimate of drug-likeness (QED) is 0.614. The number of benzene rings is 1. The third kappa shape index (κ3) is 2.91. The lowest BCUT2D eigenvalue weighted by Crippen LogP contribution is -2.32.